The van der Waals surface area contributed by atoms with Gasteiger partial charge in [-0.15, -0.1) is 0 Å². The highest BCUT2D eigenvalue weighted by molar-refractivity contribution is 7.80. The first kappa shape index (κ1) is 17.0. The minimum absolute atomic E-state index is 0.210. The van der Waals surface area contributed by atoms with Crippen molar-refractivity contribution >= 4 is 28.9 Å². The third-order valence-corrected chi connectivity index (χ3v) is 4.22. The van der Waals surface area contributed by atoms with E-state index in [1.807, 2.05) is 49.4 Å². The molecular formula is C19H19N3O2S. The Hall–Kier alpha value is -2.86. The SMILES string of the molecule is COc1ccccc1NC(=O)C1=C(C)NC(=S)NC1c1ccccc1. The number of methoxy groups -OCH3 is 1. The van der Waals surface area contributed by atoms with Crippen LogP contribution in [0.15, 0.2) is 65.9 Å². The smallest absolute Gasteiger partial charge is 0.255 e. The van der Waals surface area contributed by atoms with Crippen molar-refractivity contribution in [2.45, 2.75) is 13.0 Å². The molecule has 0 spiro atoms. The van der Waals surface area contributed by atoms with E-state index in [0.717, 1.165) is 11.3 Å². The molecule has 0 radical (unpaired) electrons. The summed E-state index contributed by atoms with van der Waals surface area (Å²) in [6, 6.07) is 16.7. The Morgan fingerprint density at radius 2 is 1.80 bits per heavy atom. The van der Waals surface area contributed by atoms with Crippen molar-refractivity contribution in [3.05, 3.63) is 71.4 Å². The number of allylic oxidation sites excluding steroid dienone is 1. The summed E-state index contributed by atoms with van der Waals surface area (Å²) in [5.74, 6) is 0.399. The summed E-state index contributed by atoms with van der Waals surface area (Å²) in [5, 5.41) is 9.64. The molecule has 25 heavy (non-hydrogen) atoms. The first-order valence-electron chi connectivity index (χ1n) is 7.87. The van der Waals surface area contributed by atoms with Crippen molar-refractivity contribution < 1.29 is 9.53 Å². The number of ether oxygens (including phenoxy) is 1. The molecule has 3 rings (SSSR count). The third-order valence-electron chi connectivity index (χ3n) is 4.00. The van der Waals surface area contributed by atoms with Crippen LogP contribution >= 0.6 is 12.2 Å². The molecule has 1 atom stereocenters. The highest BCUT2D eigenvalue weighted by Gasteiger charge is 2.30. The van der Waals surface area contributed by atoms with Crippen LogP contribution in [-0.2, 0) is 4.79 Å². The monoisotopic (exact) mass is 353 g/mol. The molecule has 3 N–H and O–H groups in total. The number of thiocarbonyl (C=S) groups is 1. The number of hydrogen-bond acceptors (Lipinski definition) is 3. The molecule has 5 nitrogen and oxygen atoms in total. The lowest BCUT2D eigenvalue weighted by Gasteiger charge is -2.30. The Morgan fingerprint density at radius 1 is 1.12 bits per heavy atom. The molecule has 2 aromatic rings. The van der Waals surface area contributed by atoms with Gasteiger partial charge < -0.3 is 20.7 Å². The minimum atomic E-state index is -0.315. The van der Waals surface area contributed by atoms with Crippen molar-refractivity contribution in [1.29, 1.82) is 0 Å². The summed E-state index contributed by atoms with van der Waals surface area (Å²) in [7, 11) is 1.57. The maximum atomic E-state index is 13.0. The van der Waals surface area contributed by atoms with Crippen LogP contribution in [0.3, 0.4) is 0 Å². The van der Waals surface area contributed by atoms with Gasteiger partial charge in [0, 0.05) is 5.70 Å². The summed E-state index contributed by atoms with van der Waals surface area (Å²) in [6.45, 7) is 1.85. The van der Waals surface area contributed by atoms with Crippen LogP contribution in [0.5, 0.6) is 5.75 Å². The Kier molecular flexibility index (Phi) is 5.00. The largest absolute Gasteiger partial charge is 0.495 e. The molecule has 0 aromatic heterocycles. The number of benzene rings is 2. The fraction of sp³-hybridized carbons (Fsp3) is 0.158. The topological polar surface area (TPSA) is 62.4 Å². The van der Waals surface area contributed by atoms with E-state index in [2.05, 4.69) is 16.0 Å². The highest BCUT2D eigenvalue weighted by atomic mass is 32.1. The quantitative estimate of drug-likeness (QED) is 0.737. The summed E-state index contributed by atoms with van der Waals surface area (Å²) in [5.41, 5.74) is 2.90. The van der Waals surface area contributed by atoms with Gasteiger partial charge in [0.15, 0.2) is 5.11 Å². The number of para-hydroxylation sites is 2. The van der Waals surface area contributed by atoms with E-state index in [4.69, 9.17) is 17.0 Å². The molecule has 0 saturated heterocycles. The van der Waals surface area contributed by atoms with E-state index in [1.54, 1.807) is 19.2 Å². The number of carbonyl (C=O) groups excluding carboxylic acids is 1. The first-order valence-corrected chi connectivity index (χ1v) is 8.28. The molecule has 2 aromatic carbocycles. The molecule has 1 unspecified atom stereocenters. The lowest BCUT2D eigenvalue weighted by molar-refractivity contribution is -0.113. The molecule has 1 aliphatic heterocycles. The van der Waals surface area contributed by atoms with E-state index in [-0.39, 0.29) is 11.9 Å². The number of hydrogen-bond donors (Lipinski definition) is 3. The van der Waals surface area contributed by atoms with Crippen LogP contribution < -0.4 is 20.7 Å². The molecule has 1 amide bonds. The molecule has 0 bridgehead atoms. The Morgan fingerprint density at radius 3 is 2.52 bits per heavy atom. The zero-order chi connectivity index (χ0) is 17.8. The molecule has 1 aliphatic rings. The standard InChI is InChI=1S/C19H19N3O2S/c1-12-16(18(23)21-14-10-6-7-11-15(14)24-2)17(22-19(25)20-12)13-8-4-3-5-9-13/h3-11,17H,1-2H3,(H,21,23)(H2,20,22,25). The maximum absolute atomic E-state index is 13.0. The molecule has 0 saturated carbocycles. The van der Waals surface area contributed by atoms with Gasteiger partial charge in [0.1, 0.15) is 5.75 Å². The zero-order valence-electron chi connectivity index (χ0n) is 14.0. The van der Waals surface area contributed by atoms with Gasteiger partial charge in [-0.3, -0.25) is 4.79 Å². The molecule has 0 aliphatic carbocycles. The summed E-state index contributed by atoms with van der Waals surface area (Å²) >= 11 is 5.26. The second-order valence-electron chi connectivity index (χ2n) is 5.64. The summed E-state index contributed by atoms with van der Waals surface area (Å²) < 4.78 is 5.31. The van der Waals surface area contributed by atoms with Gasteiger partial charge >= 0.3 is 0 Å². The first-order chi connectivity index (χ1) is 12.1. The van der Waals surface area contributed by atoms with E-state index in [9.17, 15) is 4.79 Å². The number of anilines is 1. The van der Waals surface area contributed by atoms with Gasteiger partial charge in [-0.2, -0.15) is 0 Å². The molecule has 0 fully saturated rings. The van der Waals surface area contributed by atoms with Crippen LogP contribution in [-0.4, -0.2) is 18.1 Å². The van der Waals surface area contributed by atoms with Gasteiger partial charge in [0.25, 0.3) is 5.91 Å². The number of amides is 1. The fourth-order valence-electron chi connectivity index (χ4n) is 2.83. The zero-order valence-corrected chi connectivity index (χ0v) is 14.8. The average molecular weight is 353 g/mol. The molecule has 1 heterocycles. The average Bonchev–Trinajstić information content (AvgIpc) is 2.62. The minimum Gasteiger partial charge on any atom is -0.495 e. The van der Waals surface area contributed by atoms with Crippen molar-refractivity contribution in [1.82, 2.24) is 10.6 Å². The number of nitrogens with one attached hydrogen (secondary N) is 3. The van der Waals surface area contributed by atoms with Crippen LogP contribution in [0, 0.1) is 0 Å². The van der Waals surface area contributed by atoms with Crippen molar-refractivity contribution in [3.8, 4) is 5.75 Å². The number of carbonyl (C=O) groups is 1. The molecular weight excluding hydrogens is 334 g/mol. The van der Waals surface area contributed by atoms with Gasteiger partial charge in [-0.1, -0.05) is 42.5 Å². The number of rotatable bonds is 4. The predicted molar refractivity (Wildman–Crippen MR) is 102 cm³/mol. The fourth-order valence-corrected chi connectivity index (χ4v) is 3.10. The van der Waals surface area contributed by atoms with Gasteiger partial charge in [-0.25, -0.2) is 0 Å². The van der Waals surface area contributed by atoms with Crippen LogP contribution in [0.1, 0.15) is 18.5 Å². The lowest BCUT2D eigenvalue weighted by atomic mass is 9.95. The normalized spacial score (nSPS) is 16.7. The van der Waals surface area contributed by atoms with Gasteiger partial charge in [0.2, 0.25) is 0 Å². The highest BCUT2D eigenvalue weighted by Crippen LogP contribution is 2.29. The van der Waals surface area contributed by atoms with Crippen LogP contribution in [0.2, 0.25) is 0 Å². The van der Waals surface area contributed by atoms with Crippen LogP contribution in [0.25, 0.3) is 0 Å². The second-order valence-corrected chi connectivity index (χ2v) is 6.04. The Balaban J connectivity index is 1.95. The van der Waals surface area contributed by atoms with Crippen molar-refractivity contribution in [2.24, 2.45) is 0 Å². The van der Waals surface area contributed by atoms with Gasteiger partial charge in [0.05, 0.1) is 24.4 Å². The third kappa shape index (κ3) is 3.64. The Bertz CT molecular complexity index is 834. The van der Waals surface area contributed by atoms with Crippen molar-refractivity contribution in [2.75, 3.05) is 12.4 Å². The molecule has 6 heteroatoms. The molecule has 128 valence electrons. The van der Waals surface area contributed by atoms with E-state index in [0.29, 0.717) is 22.1 Å². The van der Waals surface area contributed by atoms with Gasteiger partial charge in [-0.05, 0) is 36.8 Å². The summed E-state index contributed by atoms with van der Waals surface area (Å²) in [6.07, 6.45) is 0. The van der Waals surface area contributed by atoms with E-state index >= 15 is 0 Å². The maximum Gasteiger partial charge on any atom is 0.255 e. The second kappa shape index (κ2) is 7.36. The summed E-state index contributed by atoms with van der Waals surface area (Å²) in [4.78, 5) is 13.0. The Labute approximate surface area is 152 Å². The predicted octanol–water partition coefficient (Wildman–Crippen LogP) is 3.13. The lowest BCUT2D eigenvalue weighted by Crippen LogP contribution is -2.45. The van der Waals surface area contributed by atoms with Crippen LogP contribution in [0.4, 0.5) is 5.69 Å². The van der Waals surface area contributed by atoms with E-state index in [1.165, 1.54) is 0 Å². The van der Waals surface area contributed by atoms with E-state index < -0.39 is 0 Å². The van der Waals surface area contributed by atoms with Crippen molar-refractivity contribution in [3.63, 3.8) is 0 Å².